The predicted octanol–water partition coefficient (Wildman–Crippen LogP) is -0.159. The number of hydrogen-bond donors (Lipinski definition) is 1. The Morgan fingerprint density at radius 1 is 1.40 bits per heavy atom. The molecule has 1 fully saturated rings. The highest BCUT2D eigenvalue weighted by Crippen LogP contribution is 2.13. The Hall–Kier alpha value is -1.41. The highest BCUT2D eigenvalue weighted by atomic mass is 32.2. The van der Waals surface area contributed by atoms with Gasteiger partial charge in [-0.2, -0.15) is 5.10 Å². The maximum atomic E-state index is 12.5. The van der Waals surface area contributed by atoms with Crippen molar-refractivity contribution in [1.29, 1.82) is 0 Å². The van der Waals surface area contributed by atoms with Crippen molar-refractivity contribution < 1.29 is 13.2 Å². The standard InChI is InChI=1S/C12H20N4O3S/c1-3-11-10(9-13-16(11)4-2)12(17)15-6-5-14-20(18,19)8-7-15/h9,14H,3-8H2,1-2H3. The van der Waals surface area contributed by atoms with Gasteiger partial charge in [0.05, 0.1) is 23.2 Å². The van der Waals surface area contributed by atoms with E-state index in [9.17, 15) is 13.2 Å². The molecule has 0 saturated carbocycles. The molecule has 0 radical (unpaired) electrons. The minimum Gasteiger partial charge on any atom is -0.336 e. The van der Waals surface area contributed by atoms with Crippen molar-refractivity contribution in [3.05, 3.63) is 17.5 Å². The van der Waals surface area contributed by atoms with Crippen LogP contribution in [-0.2, 0) is 23.0 Å². The van der Waals surface area contributed by atoms with E-state index in [1.54, 1.807) is 15.8 Å². The van der Waals surface area contributed by atoms with Gasteiger partial charge in [0.15, 0.2) is 0 Å². The largest absolute Gasteiger partial charge is 0.336 e. The molecule has 20 heavy (non-hydrogen) atoms. The van der Waals surface area contributed by atoms with E-state index in [0.29, 0.717) is 18.7 Å². The molecule has 1 saturated heterocycles. The number of hydrogen-bond acceptors (Lipinski definition) is 4. The fraction of sp³-hybridized carbons (Fsp3) is 0.667. The number of carbonyl (C=O) groups is 1. The zero-order valence-corrected chi connectivity index (χ0v) is 12.6. The lowest BCUT2D eigenvalue weighted by Crippen LogP contribution is -2.35. The summed E-state index contributed by atoms with van der Waals surface area (Å²) in [6.45, 7) is 5.54. The Kier molecular flexibility index (Phi) is 4.44. The molecule has 2 heterocycles. The van der Waals surface area contributed by atoms with Crippen molar-refractivity contribution in [2.75, 3.05) is 25.4 Å². The summed E-state index contributed by atoms with van der Waals surface area (Å²) < 4.78 is 27.2. The van der Waals surface area contributed by atoms with E-state index in [0.717, 1.165) is 12.1 Å². The van der Waals surface area contributed by atoms with Gasteiger partial charge in [0.25, 0.3) is 5.91 Å². The van der Waals surface area contributed by atoms with Crippen molar-refractivity contribution >= 4 is 15.9 Å². The van der Waals surface area contributed by atoms with Gasteiger partial charge in [-0.25, -0.2) is 13.1 Å². The van der Waals surface area contributed by atoms with Gasteiger partial charge in [0, 0.05) is 26.2 Å². The molecule has 1 N–H and O–H groups in total. The van der Waals surface area contributed by atoms with Crippen molar-refractivity contribution in [2.45, 2.75) is 26.8 Å². The van der Waals surface area contributed by atoms with Crippen molar-refractivity contribution in [3.8, 4) is 0 Å². The van der Waals surface area contributed by atoms with Crippen LogP contribution in [0.5, 0.6) is 0 Å². The molecule has 0 bridgehead atoms. The highest BCUT2D eigenvalue weighted by molar-refractivity contribution is 7.89. The number of nitrogens with zero attached hydrogens (tertiary/aromatic N) is 3. The molecule has 1 aromatic rings. The zero-order chi connectivity index (χ0) is 14.8. The van der Waals surface area contributed by atoms with Gasteiger partial charge in [0.1, 0.15) is 0 Å². The van der Waals surface area contributed by atoms with Gasteiger partial charge in [-0.15, -0.1) is 0 Å². The molecule has 0 unspecified atom stereocenters. The SMILES string of the molecule is CCc1c(C(=O)N2CCNS(=O)(=O)CC2)cnn1CC. The second-order valence-electron chi connectivity index (χ2n) is 4.68. The molecular formula is C12H20N4O3S. The average Bonchev–Trinajstić information content (AvgIpc) is 2.75. The third-order valence-corrected chi connectivity index (χ3v) is 4.80. The number of rotatable bonds is 3. The van der Waals surface area contributed by atoms with E-state index in [2.05, 4.69) is 9.82 Å². The van der Waals surface area contributed by atoms with Crippen LogP contribution in [0.3, 0.4) is 0 Å². The fourth-order valence-electron chi connectivity index (χ4n) is 2.36. The lowest BCUT2D eigenvalue weighted by molar-refractivity contribution is 0.0770. The van der Waals surface area contributed by atoms with Gasteiger partial charge in [0.2, 0.25) is 10.0 Å². The second kappa shape index (κ2) is 5.92. The molecule has 0 atom stereocenters. The number of aryl methyl sites for hydroxylation is 1. The van der Waals surface area contributed by atoms with E-state index in [1.807, 2.05) is 13.8 Å². The monoisotopic (exact) mass is 300 g/mol. The van der Waals surface area contributed by atoms with Crippen LogP contribution in [0, 0.1) is 0 Å². The fourth-order valence-corrected chi connectivity index (χ4v) is 3.37. The average molecular weight is 300 g/mol. The number of nitrogens with one attached hydrogen (secondary N) is 1. The Balaban J connectivity index is 2.21. The minimum absolute atomic E-state index is 0.0535. The minimum atomic E-state index is -3.25. The summed E-state index contributed by atoms with van der Waals surface area (Å²) in [6.07, 6.45) is 2.30. The summed E-state index contributed by atoms with van der Waals surface area (Å²) in [7, 11) is -3.25. The molecule has 112 valence electrons. The molecule has 7 nitrogen and oxygen atoms in total. The van der Waals surface area contributed by atoms with Crippen LogP contribution in [0.1, 0.15) is 29.9 Å². The summed E-state index contributed by atoms with van der Waals surface area (Å²) >= 11 is 0. The highest BCUT2D eigenvalue weighted by Gasteiger charge is 2.25. The van der Waals surface area contributed by atoms with E-state index in [-0.39, 0.29) is 24.7 Å². The van der Waals surface area contributed by atoms with Crippen LogP contribution < -0.4 is 4.72 Å². The van der Waals surface area contributed by atoms with Crippen molar-refractivity contribution in [2.24, 2.45) is 0 Å². The Bertz CT molecular complexity index is 594. The number of carbonyl (C=O) groups excluding carboxylic acids is 1. The Morgan fingerprint density at radius 2 is 2.15 bits per heavy atom. The number of aromatic nitrogens is 2. The first-order valence-corrected chi connectivity index (χ1v) is 8.45. The molecule has 0 aliphatic carbocycles. The van der Waals surface area contributed by atoms with E-state index in [4.69, 9.17) is 0 Å². The molecule has 1 amide bonds. The molecule has 0 spiro atoms. The van der Waals surface area contributed by atoms with E-state index >= 15 is 0 Å². The third-order valence-electron chi connectivity index (χ3n) is 3.43. The maximum Gasteiger partial charge on any atom is 0.257 e. The van der Waals surface area contributed by atoms with Gasteiger partial charge in [-0.05, 0) is 13.3 Å². The first-order valence-electron chi connectivity index (χ1n) is 6.79. The molecule has 2 rings (SSSR count). The smallest absolute Gasteiger partial charge is 0.257 e. The third kappa shape index (κ3) is 3.01. The topological polar surface area (TPSA) is 84.3 Å². The number of amides is 1. The van der Waals surface area contributed by atoms with Crippen LogP contribution in [0.2, 0.25) is 0 Å². The van der Waals surface area contributed by atoms with Gasteiger partial charge in [-0.1, -0.05) is 6.92 Å². The summed E-state index contributed by atoms with van der Waals surface area (Å²) in [5.74, 6) is -0.192. The predicted molar refractivity (Wildman–Crippen MR) is 75.0 cm³/mol. The lowest BCUT2D eigenvalue weighted by atomic mass is 10.2. The van der Waals surface area contributed by atoms with Crippen LogP contribution in [0.25, 0.3) is 0 Å². The number of sulfonamides is 1. The molecule has 1 aromatic heterocycles. The van der Waals surface area contributed by atoms with Crippen molar-refractivity contribution in [1.82, 2.24) is 19.4 Å². The van der Waals surface area contributed by atoms with Crippen LogP contribution in [0.4, 0.5) is 0 Å². The second-order valence-corrected chi connectivity index (χ2v) is 6.61. The van der Waals surface area contributed by atoms with Crippen LogP contribution >= 0.6 is 0 Å². The summed E-state index contributed by atoms with van der Waals surface area (Å²) in [4.78, 5) is 14.1. The van der Waals surface area contributed by atoms with Crippen LogP contribution in [-0.4, -0.2) is 54.4 Å². The molecular weight excluding hydrogens is 280 g/mol. The summed E-state index contributed by atoms with van der Waals surface area (Å²) in [5, 5.41) is 4.21. The summed E-state index contributed by atoms with van der Waals surface area (Å²) in [6, 6.07) is 0. The van der Waals surface area contributed by atoms with Gasteiger partial charge < -0.3 is 4.90 Å². The normalized spacial score (nSPS) is 18.8. The Labute approximate surface area is 119 Å². The zero-order valence-electron chi connectivity index (χ0n) is 11.8. The van der Waals surface area contributed by atoms with Gasteiger partial charge >= 0.3 is 0 Å². The van der Waals surface area contributed by atoms with E-state index in [1.165, 1.54) is 0 Å². The van der Waals surface area contributed by atoms with Gasteiger partial charge in [-0.3, -0.25) is 9.48 Å². The lowest BCUT2D eigenvalue weighted by Gasteiger charge is -2.19. The first-order chi connectivity index (χ1) is 9.48. The van der Waals surface area contributed by atoms with E-state index < -0.39 is 10.0 Å². The first kappa shape index (κ1) is 15.0. The molecule has 8 heteroatoms. The van der Waals surface area contributed by atoms with Crippen molar-refractivity contribution in [3.63, 3.8) is 0 Å². The quantitative estimate of drug-likeness (QED) is 0.841. The summed E-state index contributed by atoms with van der Waals surface area (Å²) in [5.41, 5.74) is 1.48. The molecule has 1 aliphatic heterocycles. The maximum absolute atomic E-state index is 12.5. The molecule has 1 aliphatic rings. The Morgan fingerprint density at radius 3 is 2.80 bits per heavy atom. The van der Waals surface area contributed by atoms with Crippen LogP contribution in [0.15, 0.2) is 6.20 Å². The molecule has 0 aromatic carbocycles.